The first kappa shape index (κ1) is 11.9. The number of benzene rings is 3. The lowest BCUT2D eigenvalue weighted by Gasteiger charge is -2.03. The molecule has 4 aromatic rings. The molecule has 0 bridgehead atoms. The largest absolute Gasteiger partial charge is 0.229 e. The molecule has 0 radical (unpaired) electrons. The Morgan fingerprint density at radius 3 is 2.55 bits per heavy atom. The SMILES string of the molecule is c1ccc2c(Sc3nc4ccccc4s3)cccc2c1. The van der Waals surface area contributed by atoms with Crippen LogP contribution in [0, 0.1) is 0 Å². The van der Waals surface area contributed by atoms with Crippen molar-refractivity contribution < 1.29 is 0 Å². The van der Waals surface area contributed by atoms with Gasteiger partial charge in [0.1, 0.15) is 0 Å². The van der Waals surface area contributed by atoms with Crippen LogP contribution in [-0.4, -0.2) is 4.98 Å². The van der Waals surface area contributed by atoms with Crippen molar-refractivity contribution in [2.75, 3.05) is 0 Å². The van der Waals surface area contributed by atoms with Gasteiger partial charge >= 0.3 is 0 Å². The van der Waals surface area contributed by atoms with Crippen molar-refractivity contribution in [3.8, 4) is 0 Å². The Kier molecular flexibility index (Phi) is 2.94. The molecule has 1 nitrogen and oxygen atoms in total. The van der Waals surface area contributed by atoms with Crippen LogP contribution in [0.15, 0.2) is 76.0 Å². The molecule has 4 rings (SSSR count). The van der Waals surface area contributed by atoms with E-state index in [9.17, 15) is 0 Å². The van der Waals surface area contributed by atoms with Gasteiger partial charge in [-0.25, -0.2) is 4.98 Å². The molecule has 3 aromatic carbocycles. The molecule has 20 heavy (non-hydrogen) atoms. The predicted octanol–water partition coefficient (Wildman–Crippen LogP) is 5.60. The highest BCUT2D eigenvalue weighted by molar-refractivity contribution is 8.01. The van der Waals surface area contributed by atoms with Gasteiger partial charge in [0.15, 0.2) is 4.34 Å². The van der Waals surface area contributed by atoms with E-state index in [2.05, 4.69) is 60.7 Å². The third kappa shape index (κ3) is 2.09. The van der Waals surface area contributed by atoms with Gasteiger partial charge in [-0.2, -0.15) is 0 Å². The molecule has 0 fully saturated rings. The summed E-state index contributed by atoms with van der Waals surface area (Å²) in [5.74, 6) is 0. The number of nitrogens with zero attached hydrogens (tertiary/aromatic N) is 1. The zero-order valence-corrected chi connectivity index (χ0v) is 12.2. The molecule has 96 valence electrons. The molecule has 0 unspecified atom stereocenters. The maximum absolute atomic E-state index is 4.70. The molecular weight excluding hydrogens is 282 g/mol. The van der Waals surface area contributed by atoms with Gasteiger partial charge in [0.25, 0.3) is 0 Å². The fourth-order valence-electron chi connectivity index (χ4n) is 2.27. The average Bonchev–Trinajstić information content (AvgIpc) is 2.90. The number of hydrogen-bond acceptors (Lipinski definition) is 3. The number of rotatable bonds is 2. The fourth-order valence-corrected chi connectivity index (χ4v) is 4.45. The van der Waals surface area contributed by atoms with E-state index < -0.39 is 0 Å². The summed E-state index contributed by atoms with van der Waals surface area (Å²) in [4.78, 5) is 5.96. The summed E-state index contributed by atoms with van der Waals surface area (Å²) in [5.41, 5.74) is 1.08. The van der Waals surface area contributed by atoms with Crippen LogP contribution in [0.2, 0.25) is 0 Å². The molecule has 0 atom stereocenters. The number of para-hydroxylation sites is 1. The minimum atomic E-state index is 1.08. The Labute approximate surface area is 125 Å². The predicted molar refractivity (Wildman–Crippen MR) is 87.7 cm³/mol. The van der Waals surface area contributed by atoms with Gasteiger partial charge in [-0.15, -0.1) is 11.3 Å². The lowest BCUT2D eigenvalue weighted by molar-refractivity contribution is 1.30. The highest BCUT2D eigenvalue weighted by Crippen LogP contribution is 2.37. The standard InChI is InChI=1S/C17H11NS2/c1-2-8-13-12(6-1)7-5-11-15(13)19-17-18-14-9-3-4-10-16(14)20-17/h1-11H. The van der Waals surface area contributed by atoms with Crippen molar-refractivity contribution in [2.24, 2.45) is 0 Å². The fraction of sp³-hybridized carbons (Fsp3) is 0. The lowest BCUT2D eigenvalue weighted by atomic mass is 10.1. The van der Waals surface area contributed by atoms with Crippen LogP contribution < -0.4 is 0 Å². The molecule has 0 spiro atoms. The molecular formula is C17H11NS2. The summed E-state index contributed by atoms with van der Waals surface area (Å²) in [6.07, 6.45) is 0. The Balaban J connectivity index is 1.80. The summed E-state index contributed by atoms with van der Waals surface area (Å²) in [6.45, 7) is 0. The number of thiazole rings is 1. The molecule has 0 aliphatic carbocycles. The first-order chi connectivity index (χ1) is 9.90. The third-order valence-electron chi connectivity index (χ3n) is 3.22. The van der Waals surface area contributed by atoms with Crippen LogP contribution >= 0.6 is 23.1 Å². The first-order valence-electron chi connectivity index (χ1n) is 6.41. The van der Waals surface area contributed by atoms with Crippen molar-refractivity contribution in [3.63, 3.8) is 0 Å². The van der Waals surface area contributed by atoms with Gasteiger partial charge in [-0.05, 0) is 29.0 Å². The van der Waals surface area contributed by atoms with E-state index in [0.29, 0.717) is 0 Å². The maximum Gasteiger partial charge on any atom is 0.155 e. The van der Waals surface area contributed by atoms with E-state index in [1.165, 1.54) is 20.4 Å². The third-order valence-corrected chi connectivity index (χ3v) is 5.39. The molecule has 1 heterocycles. The highest BCUT2D eigenvalue weighted by atomic mass is 32.2. The van der Waals surface area contributed by atoms with Crippen molar-refractivity contribution in [2.45, 2.75) is 9.24 Å². The molecule has 0 saturated heterocycles. The van der Waals surface area contributed by atoms with Crippen molar-refractivity contribution in [1.29, 1.82) is 0 Å². The molecule has 0 aliphatic rings. The second-order valence-corrected chi connectivity index (χ2v) is 6.85. The lowest BCUT2D eigenvalue weighted by Crippen LogP contribution is -1.77. The minimum Gasteiger partial charge on any atom is -0.229 e. The molecule has 0 saturated carbocycles. The van der Waals surface area contributed by atoms with Gasteiger partial charge in [0.2, 0.25) is 0 Å². The Bertz CT molecular complexity index is 857. The molecule has 0 N–H and O–H groups in total. The van der Waals surface area contributed by atoms with Crippen molar-refractivity contribution in [1.82, 2.24) is 4.98 Å². The first-order valence-corrected chi connectivity index (χ1v) is 8.05. The van der Waals surface area contributed by atoms with E-state index >= 15 is 0 Å². The average molecular weight is 293 g/mol. The summed E-state index contributed by atoms with van der Waals surface area (Å²) >= 11 is 3.50. The van der Waals surface area contributed by atoms with Gasteiger partial charge in [0, 0.05) is 4.90 Å². The van der Waals surface area contributed by atoms with Gasteiger partial charge in [-0.3, -0.25) is 0 Å². The number of aromatic nitrogens is 1. The van der Waals surface area contributed by atoms with Crippen molar-refractivity contribution in [3.05, 3.63) is 66.7 Å². The summed E-state index contributed by atoms with van der Waals surface area (Å²) in [5, 5.41) is 2.57. The van der Waals surface area contributed by atoms with E-state index in [0.717, 1.165) is 9.86 Å². The van der Waals surface area contributed by atoms with Crippen LogP contribution in [0.3, 0.4) is 0 Å². The quantitative estimate of drug-likeness (QED) is 0.477. The second-order valence-electron chi connectivity index (χ2n) is 4.53. The topological polar surface area (TPSA) is 12.9 Å². The van der Waals surface area contributed by atoms with E-state index in [-0.39, 0.29) is 0 Å². The van der Waals surface area contributed by atoms with Crippen molar-refractivity contribution >= 4 is 44.1 Å². The smallest absolute Gasteiger partial charge is 0.155 e. The Morgan fingerprint density at radius 1 is 0.800 bits per heavy atom. The number of fused-ring (bicyclic) bond motifs is 2. The van der Waals surface area contributed by atoms with Crippen LogP contribution in [0.4, 0.5) is 0 Å². The summed E-state index contributed by atoms with van der Waals surface area (Å²) < 4.78 is 2.35. The van der Waals surface area contributed by atoms with Gasteiger partial charge in [-0.1, -0.05) is 60.3 Å². The van der Waals surface area contributed by atoms with E-state index in [4.69, 9.17) is 4.98 Å². The van der Waals surface area contributed by atoms with Crippen LogP contribution in [0.1, 0.15) is 0 Å². The molecule has 0 aliphatic heterocycles. The minimum absolute atomic E-state index is 1.08. The van der Waals surface area contributed by atoms with E-state index in [1.807, 2.05) is 6.07 Å². The van der Waals surface area contributed by atoms with Gasteiger partial charge in [0.05, 0.1) is 10.2 Å². The molecule has 0 amide bonds. The van der Waals surface area contributed by atoms with Crippen LogP contribution in [0.5, 0.6) is 0 Å². The maximum atomic E-state index is 4.70. The van der Waals surface area contributed by atoms with Gasteiger partial charge < -0.3 is 0 Å². The zero-order valence-electron chi connectivity index (χ0n) is 10.6. The monoisotopic (exact) mass is 293 g/mol. The zero-order chi connectivity index (χ0) is 13.4. The second kappa shape index (κ2) is 4.93. The Morgan fingerprint density at radius 2 is 1.60 bits per heavy atom. The number of hydrogen-bond donors (Lipinski definition) is 0. The summed E-state index contributed by atoms with van der Waals surface area (Å²) in [6, 6.07) is 23.2. The summed E-state index contributed by atoms with van der Waals surface area (Å²) in [7, 11) is 0. The Hall–Kier alpha value is -1.84. The highest BCUT2D eigenvalue weighted by Gasteiger charge is 2.07. The van der Waals surface area contributed by atoms with Crippen LogP contribution in [-0.2, 0) is 0 Å². The van der Waals surface area contributed by atoms with E-state index in [1.54, 1.807) is 23.1 Å². The normalized spacial score (nSPS) is 11.2. The molecule has 1 aromatic heterocycles. The molecule has 3 heteroatoms. The van der Waals surface area contributed by atoms with Crippen LogP contribution in [0.25, 0.3) is 21.0 Å².